The Kier molecular flexibility index (Phi) is 10.5. The van der Waals surface area contributed by atoms with Crippen LogP contribution < -0.4 is 15.4 Å². The second-order valence-corrected chi connectivity index (χ2v) is 12.3. The maximum Gasteiger partial charge on any atom is 0.308 e. The van der Waals surface area contributed by atoms with Crippen LogP contribution in [0.1, 0.15) is 59.5 Å². The molecule has 50 heavy (non-hydrogen) atoms. The fourth-order valence-electron chi connectivity index (χ4n) is 6.18. The summed E-state index contributed by atoms with van der Waals surface area (Å²) in [5, 5.41) is 7.10. The van der Waals surface area contributed by atoms with Gasteiger partial charge in [0.2, 0.25) is 5.88 Å². The van der Waals surface area contributed by atoms with Crippen molar-refractivity contribution in [2.24, 2.45) is 5.92 Å². The Hall–Kier alpha value is -5.14. The first-order chi connectivity index (χ1) is 24.2. The van der Waals surface area contributed by atoms with E-state index in [-0.39, 0.29) is 40.3 Å². The molecule has 258 valence electrons. The zero-order valence-corrected chi connectivity index (χ0v) is 28.3. The molecular formula is C36H34ClF2N7O4. The molecule has 1 fully saturated rings. The van der Waals surface area contributed by atoms with Gasteiger partial charge in [0.25, 0.3) is 6.43 Å². The van der Waals surface area contributed by atoms with Crippen LogP contribution in [0.5, 0.6) is 5.88 Å². The van der Waals surface area contributed by atoms with Gasteiger partial charge in [-0.3, -0.25) is 14.6 Å². The van der Waals surface area contributed by atoms with E-state index >= 15 is 0 Å². The molecule has 1 aliphatic carbocycles. The first kappa shape index (κ1) is 34.7. The van der Waals surface area contributed by atoms with E-state index in [1.54, 1.807) is 19.4 Å². The number of nitrogens with one attached hydrogen (secondary N) is 2. The highest BCUT2D eigenvalue weighted by Gasteiger charge is 2.27. The second-order valence-electron chi connectivity index (χ2n) is 11.9. The van der Waals surface area contributed by atoms with Crippen LogP contribution in [-0.4, -0.2) is 57.4 Å². The van der Waals surface area contributed by atoms with Gasteiger partial charge in [-0.05, 0) is 55.9 Å². The zero-order valence-electron chi connectivity index (χ0n) is 27.5. The van der Waals surface area contributed by atoms with Crippen molar-refractivity contribution in [2.45, 2.75) is 51.6 Å². The minimum absolute atomic E-state index is 0.0503. The van der Waals surface area contributed by atoms with E-state index in [4.69, 9.17) is 26.1 Å². The monoisotopic (exact) mass is 701 g/mol. The fraction of sp³-hybridized carbons (Fsp3) is 0.306. The van der Waals surface area contributed by atoms with Gasteiger partial charge in [0.1, 0.15) is 11.2 Å². The summed E-state index contributed by atoms with van der Waals surface area (Å²) in [5.74, 6) is -0.435. The number of halogens is 3. The zero-order chi connectivity index (χ0) is 35.4. The number of carbonyl (C=O) groups is 2. The minimum atomic E-state index is -2.93. The fourth-order valence-corrected chi connectivity index (χ4v) is 6.51. The average Bonchev–Trinajstić information content (AvgIpc) is 3.14. The molecule has 11 nitrogen and oxygen atoms in total. The lowest BCUT2D eigenvalue weighted by molar-refractivity contribution is -0.146. The first-order valence-corrected chi connectivity index (χ1v) is 16.4. The van der Waals surface area contributed by atoms with Crippen molar-refractivity contribution < 1.29 is 27.8 Å². The second kappa shape index (κ2) is 15.2. The number of nitrogens with zero attached hydrogens (tertiary/aromatic N) is 5. The SMILES string of the molecule is COC(=O)C1CCC(NCc2ncc(-c3cccc(-c4cccc(Nc5nc(C(F)F)nc6cc(C=O)cnc56)c4C)c3Cl)nc2OC)CC1. The molecule has 0 amide bonds. The van der Waals surface area contributed by atoms with Gasteiger partial charge in [-0.1, -0.05) is 41.9 Å². The lowest BCUT2D eigenvalue weighted by Gasteiger charge is -2.27. The number of esters is 1. The topological polar surface area (TPSA) is 141 Å². The summed E-state index contributed by atoms with van der Waals surface area (Å²) in [6.07, 6.45) is 3.91. The summed E-state index contributed by atoms with van der Waals surface area (Å²) < 4.78 is 38.0. The van der Waals surface area contributed by atoms with Crippen molar-refractivity contribution in [1.82, 2.24) is 30.2 Å². The molecule has 2 N–H and O–H groups in total. The maximum atomic E-state index is 13.7. The number of ether oxygens (including phenoxy) is 2. The number of rotatable bonds is 11. The number of aromatic nitrogens is 5. The molecule has 14 heteroatoms. The van der Waals surface area contributed by atoms with Gasteiger partial charge in [-0.25, -0.2) is 28.7 Å². The molecule has 2 aromatic carbocycles. The van der Waals surface area contributed by atoms with Crippen molar-refractivity contribution >= 4 is 46.4 Å². The molecule has 0 unspecified atom stereocenters. The molecular weight excluding hydrogens is 668 g/mol. The van der Waals surface area contributed by atoms with Crippen LogP contribution >= 0.6 is 11.6 Å². The molecule has 0 atom stereocenters. The predicted octanol–water partition coefficient (Wildman–Crippen LogP) is 7.43. The third kappa shape index (κ3) is 7.24. The van der Waals surface area contributed by atoms with Gasteiger partial charge < -0.3 is 20.1 Å². The molecule has 0 aliphatic heterocycles. The highest BCUT2D eigenvalue weighted by atomic mass is 35.5. The average molecular weight is 702 g/mol. The number of benzene rings is 2. The smallest absolute Gasteiger partial charge is 0.308 e. The van der Waals surface area contributed by atoms with E-state index in [1.165, 1.54) is 19.4 Å². The predicted molar refractivity (Wildman–Crippen MR) is 185 cm³/mol. The van der Waals surface area contributed by atoms with E-state index in [2.05, 4.69) is 30.6 Å². The number of pyridine rings is 1. The molecule has 5 aromatic rings. The van der Waals surface area contributed by atoms with E-state index in [0.29, 0.717) is 51.9 Å². The van der Waals surface area contributed by atoms with Gasteiger partial charge in [-0.2, -0.15) is 0 Å². The van der Waals surface area contributed by atoms with Gasteiger partial charge in [0.15, 0.2) is 17.9 Å². The summed E-state index contributed by atoms with van der Waals surface area (Å²) in [6, 6.07) is 12.7. The number of carbonyl (C=O) groups excluding carboxylic acids is 2. The van der Waals surface area contributed by atoms with Crippen LogP contribution in [0.15, 0.2) is 54.9 Å². The summed E-state index contributed by atoms with van der Waals surface area (Å²) in [5.41, 5.74) is 5.24. The number of hydrogen-bond acceptors (Lipinski definition) is 11. The number of anilines is 2. The standard InChI is InChI=1S/C36H34ClF2N7O4/c1-19-23(6-5-9-26(19)43-33-31-27(14-20(18-47)15-42-31)44-34(46-33)32(38)39)24-7-4-8-25(30(24)37)28-16-41-29(35(45-28)49-2)17-40-22-12-10-21(11-13-22)36(48)50-3/h4-9,14-16,18,21-22,32,40H,10-13,17H2,1-3H3,(H,43,44,46). The van der Waals surface area contributed by atoms with Crippen LogP contribution in [-0.2, 0) is 16.1 Å². The largest absolute Gasteiger partial charge is 0.480 e. The molecule has 3 aromatic heterocycles. The van der Waals surface area contributed by atoms with Crippen LogP contribution in [0.4, 0.5) is 20.3 Å². The summed E-state index contributed by atoms with van der Waals surface area (Å²) in [4.78, 5) is 44.8. The van der Waals surface area contributed by atoms with Gasteiger partial charge in [0, 0.05) is 41.2 Å². The Morgan fingerprint density at radius 2 is 1.74 bits per heavy atom. The first-order valence-electron chi connectivity index (χ1n) is 16.0. The Labute approximate surface area is 291 Å². The summed E-state index contributed by atoms with van der Waals surface area (Å²) >= 11 is 7.05. The molecule has 0 saturated heterocycles. The highest BCUT2D eigenvalue weighted by molar-refractivity contribution is 6.36. The Bertz CT molecular complexity index is 2060. The van der Waals surface area contributed by atoms with Gasteiger partial charge >= 0.3 is 5.97 Å². The van der Waals surface area contributed by atoms with Crippen LogP contribution in [0, 0.1) is 12.8 Å². The van der Waals surface area contributed by atoms with E-state index in [0.717, 1.165) is 36.8 Å². The summed E-state index contributed by atoms with van der Waals surface area (Å²) in [6.45, 7) is 2.33. The Balaban J connectivity index is 1.25. The van der Waals surface area contributed by atoms with E-state index in [9.17, 15) is 18.4 Å². The number of aldehydes is 1. The molecule has 6 rings (SSSR count). The van der Waals surface area contributed by atoms with Gasteiger partial charge in [-0.15, -0.1) is 0 Å². The highest BCUT2D eigenvalue weighted by Crippen LogP contribution is 2.40. The van der Waals surface area contributed by atoms with Crippen LogP contribution in [0.2, 0.25) is 5.02 Å². The lowest BCUT2D eigenvalue weighted by Crippen LogP contribution is -2.35. The number of alkyl halides is 2. The van der Waals surface area contributed by atoms with Gasteiger partial charge in [0.05, 0.1) is 42.6 Å². The van der Waals surface area contributed by atoms with Crippen LogP contribution in [0.3, 0.4) is 0 Å². The van der Waals surface area contributed by atoms with Crippen molar-refractivity contribution in [2.75, 3.05) is 19.5 Å². The molecule has 1 aliphatic rings. The molecule has 3 heterocycles. The third-order valence-electron chi connectivity index (χ3n) is 8.88. The maximum absolute atomic E-state index is 13.7. The van der Waals surface area contributed by atoms with Crippen molar-refractivity contribution in [3.63, 3.8) is 0 Å². The quantitative estimate of drug-likeness (QED) is 0.105. The molecule has 0 radical (unpaired) electrons. The summed E-state index contributed by atoms with van der Waals surface area (Å²) in [7, 11) is 2.97. The Morgan fingerprint density at radius 1 is 1.00 bits per heavy atom. The van der Waals surface area contributed by atoms with Crippen molar-refractivity contribution in [1.29, 1.82) is 0 Å². The number of hydrogen-bond donors (Lipinski definition) is 2. The third-order valence-corrected chi connectivity index (χ3v) is 9.29. The molecule has 0 bridgehead atoms. The molecule has 1 saturated carbocycles. The number of fused-ring (bicyclic) bond motifs is 1. The number of methoxy groups -OCH3 is 2. The minimum Gasteiger partial charge on any atom is -0.480 e. The van der Waals surface area contributed by atoms with Crippen LogP contribution in [0.25, 0.3) is 33.4 Å². The normalized spacial score (nSPS) is 16.0. The lowest BCUT2D eigenvalue weighted by atomic mass is 9.86. The molecule has 0 spiro atoms. The van der Waals surface area contributed by atoms with E-state index in [1.807, 2.05) is 37.3 Å². The van der Waals surface area contributed by atoms with Crippen molar-refractivity contribution in [3.8, 4) is 28.3 Å². The van der Waals surface area contributed by atoms with Crippen molar-refractivity contribution in [3.05, 3.63) is 82.5 Å². The van der Waals surface area contributed by atoms with E-state index < -0.39 is 12.2 Å². The Morgan fingerprint density at radius 3 is 2.46 bits per heavy atom.